The Labute approximate surface area is 95.2 Å². The van der Waals surface area contributed by atoms with Crippen LogP contribution in [0.1, 0.15) is 18.1 Å². The highest BCUT2D eigenvalue weighted by atomic mass is 32.2. The lowest BCUT2D eigenvalue weighted by Gasteiger charge is -2.11. The molecule has 0 aromatic heterocycles. The number of hydrogen-bond acceptors (Lipinski definition) is 3. The van der Waals surface area contributed by atoms with Crippen molar-refractivity contribution in [2.24, 2.45) is 4.99 Å². The predicted octanol–water partition coefficient (Wildman–Crippen LogP) is 3.21. The first kappa shape index (κ1) is 10.6. The first-order valence-electron chi connectivity index (χ1n) is 5.21. The molecule has 1 aliphatic rings. The standard InChI is InChI=1S/C12H16N2S/c1-8-5-4-6-9(2)11(8)14-12-13-7-10(3)15-12/h4-6,10H,7H2,1-3H3,(H,13,14). The first-order valence-corrected chi connectivity index (χ1v) is 6.09. The topological polar surface area (TPSA) is 24.4 Å². The minimum Gasteiger partial charge on any atom is -0.335 e. The number of anilines is 1. The third kappa shape index (κ3) is 2.34. The van der Waals surface area contributed by atoms with Crippen LogP contribution in [0.2, 0.25) is 0 Å². The lowest BCUT2D eigenvalue weighted by Crippen LogP contribution is -2.08. The van der Waals surface area contributed by atoms with E-state index in [2.05, 4.69) is 49.3 Å². The Morgan fingerprint density at radius 1 is 1.33 bits per heavy atom. The molecule has 1 N–H and O–H groups in total. The van der Waals surface area contributed by atoms with Gasteiger partial charge in [-0.15, -0.1) is 0 Å². The minimum atomic E-state index is 0.608. The predicted molar refractivity (Wildman–Crippen MR) is 68.9 cm³/mol. The Morgan fingerprint density at radius 3 is 2.53 bits per heavy atom. The van der Waals surface area contributed by atoms with E-state index in [4.69, 9.17) is 0 Å². The lowest BCUT2D eigenvalue weighted by atomic mass is 10.1. The maximum Gasteiger partial charge on any atom is 0.161 e. The number of rotatable bonds is 1. The molecular formula is C12H16N2S. The highest BCUT2D eigenvalue weighted by molar-refractivity contribution is 8.15. The van der Waals surface area contributed by atoms with Gasteiger partial charge in [0.25, 0.3) is 0 Å². The molecule has 0 saturated carbocycles. The third-order valence-corrected chi connectivity index (χ3v) is 3.52. The van der Waals surface area contributed by atoms with E-state index in [1.165, 1.54) is 16.8 Å². The van der Waals surface area contributed by atoms with E-state index < -0.39 is 0 Å². The summed E-state index contributed by atoms with van der Waals surface area (Å²) in [5.41, 5.74) is 3.76. The third-order valence-electron chi connectivity index (χ3n) is 2.52. The Kier molecular flexibility index (Phi) is 3.00. The maximum atomic E-state index is 4.46. The number of aryl methyl sites for hydroxylation is 2. The molecule has 0 aliphatic carbocycles. The van der Waals surface area contributed by atoms with Gasteiger partial charge in [-0.1, -0.05) is 36.9 Å². The lowest BCUT2D eigenvalue weighted by molar-refractivity contribution is 0.976. The van der Waals surface area contributed by atoms with Gasteiger partial charge in [-0.05, 0) is 25.0 Å². The van der Waals surface area contributed by atoms with Gasteiger partial charge in [0.05, 0.1) is 6.54 Å². The molecule has 0 fully saturated rings. The van der Waals surface area contributed by atoms with E-state index >= 15 is 0 Å². The summed E-state index contributed by atoms with van der Waals surface area (Å²) < 4.78 is 0. The van der Waals surface area contributed by atoms with Gasteiger partial charge in [0.15, 0.2) is 5.17 Å². The fourth-order valence-electron chi connectivity index (χ4n) is 1.66. The molecule has 1 unspecified atom stereocenters. The van der Waals surface area contributed by atoms with Crippen LogP contribution in [0.15, 0.2) is 23.2 Å². The van der Waals surface area contributed by atoms with Crippen LogP contribution in [-0.4, -0.2) is 17.0 Å². The van der Waals surface area contributed by atoms with E-state index in [1.54, 1.807) is 0 Å². The Bertz CT molecular complexity index is 378. The fourth-order valence-corrected chi connectivity index (χ4v) is 2.50. The second-order valence-corrected chi connectivity index (χ2v) is 5.39. The van der Waals surface area contributed by atoms with E-state index in [0.29, 0.717) is 5.25 Å². The van der Waals surface area contributed by atoms with Crippen molar-refractivity contribution < 1.29 is 0 Å². The van der Waals surface area contributed by atoms with Crippen molar-refractivity contribution in [2.75, 3.05) is 11.9 Å². The molecule has 2 rings (SSSR count). The molecule has 1 aromatic rings. The van der Waals surface area contributed by atoms with E-state index in [1.807, 2.05) is 11.8 Å². The SMILES string of the molecule is Cc1cccc(C)c1NC1=NCC(C)S1. The summed E-state index contributed by atoms with van der Waals surface area (Å²) >= 11 is 1.82. The smallest absolute Gasteiger partial charge is 0.161 e. The molecule has 1 aliphatic heterocycles. The summed E-state index contributed by atoms with van der Waals surface area (Å²) in [5.74, 6) is 0. The minimum absolute atomic E-state index is 0.608. The van der Waals surface area contributed by atoms with E-state index in [0.717, 1.165) is 11.7 Å². The first-order chi connectivity index (χ1) is 7.16. The number of para-hydroxylation sites is 1. The monoisotopic (exact) mass is 220 g/mol. The molecule has 1 aromatic carbocycles. The Hall–Kier alpha value is -0.960. The highest BCUT2D eigenvalue weighted by Gasteiger charge is 2.15. The average molecular weight is 220 g/mol. The quantitative estimate of drug-likeness (QED) is 0.786. The Morgan fingerprint density at radius 2 is 2.00 bits per heavy atom. The second kappa shape index (κ2) is 4.27. The van der Waals surface area contributed by atoms with Crippen LogP contribution in [0, 0.1) is 13.8 Å². The van der Waals surface area contributed by atoms with Gasteiger partial charge < -0.3 is 5.32 Å². The molecule has 0 bridgehead atoms. The van der Waals surface area contributed by atoms with Crippen molar-refractivity contribution in [2.45, 2.75) is 26.0 Å². The van der Waals surface area contributed by atoms with Crippen LogP contribution in [0.5, 0.6) is 0 Å². The summed E-state index contributed by atoms with van der Waals surface area (Å²) in [6, 6.07) is 6.33. The molecular weight excluding hydrogens is 204 g/mol. The fraction of sp³-hybridized carbons (Fsp3) is 0.417. The molecule has 0 amide bonds. The van der Waals surface area contributed by atoms with Crippen molar-refractivity contribution in [1.29, 1.82) is 0 Å². The van der Waals surface area contributed by atoms with E-state index in [9.17, 15) is 0 Å². The van der Waals surface area contributed by atoms with Crippen molar-refractivity contribution in [3.8, 4) is 0 Å². The van der Waals surface area contributed by atoms with Crippen molar-refractivity contribution in [3.63, 3.8) is 0 Å². The van der Waals surface area contributed by atoms with Gasteiger partial charge in [0.1, 0.15) is 0 Å². The molecule has 1 heterocycles. The number of nitrogens with zero attached hydrogens (tertiary/aromatic N) is 1. The molecule has 2 nitrogen and oxygen atoms in total. The van der Waals surface area contributed by atoms with Gasteiger partial charge in [-0.2, -0.15) is 0 Å². The van der Waals surface area contributed by atoms with Crippen LogP contribution in [0.25, 0.3) is 0 Å². The highest BCUT2D eigenvalue weighted by Crippen LogP contribution is 2.25. The Balaban J connectivity index is 2.18. The van der Waals surface area contributed by atoms with Gasteiger partial charge >= 0.3 is 0 Å². The molecule has 3 heteroatoms. The van der Waals surface area contributed by atoms with Crippen LogP contribution in [-0.2, 0) is 0 Å². The number of amidine groups is 1. The number of nitrogens with one attached hydrogen (secondary N) is 1. The summed E-state index contributed by atoms with van der Waals surface area (Å²) in [5, 5.41) is 5.08. The number of thioether (sulfide) groups is 1. The largest absolute Gasteiger partial charge is 0.335 e. The summed E-state index contributed by atoms with van der Waals surface area (Å²) in [7, 11) is 0. The molecule has 1 atom stereocenters. The number of aliphatic imine (C=N–C) groups is 1. The zero-order valence-corrected chi connectivity index (χ0v) is 10.2. The zero-order chi connectivity index (χ0) is 10.8. The normalized spacial score (nSPS) is 20.2. The van der Waals surface area contributed by atoms with Crippen LogP contribution < -0.4 is 5.32 Å². The van der Waals surface area contributed by atoms with Crippen LogP contribution in [0.4, 0.5) is 5.69 Å². The van der Waals surface area contributed by atoms with Gasteiger partial charge in [-0.3, -0.25) is 4.99 Å². The van der Waals surface area contributed by atoms with Gasteiger partial charge in [0, 0.05) is 10.9 Å². The summed E-state index contributed by atoms with van der Waals surface area (Å²) in [6.45, 7) is 7.38. The summed E-state index contributed by atoms with van der Waals surface area (Å²) in [4.78, 5) is 4.46. The zero-order valence-electron chi connectivity index (χ0n) is 9.37. The number of benzene rings is 1. The number of hydrogen-bond donors (Lipinski definition) is 1. The maximum absolute atomic E-state index is 4.46. The van der Waals surface area contributed by atoms with Crippen LogP contribution >= 0.6 is 11.8 Å². The summed E-state index contributed by atoms with van der Waals surface area (Å²) in [6.07, 6.45) is 0. The molecule has 15 heavy (non-hydrogen) atoms. The molecule has 0 saturated heterocycles. The van der Waals surface area contributed by atoms with Gasteiger partial charge in [-0.25, -0.2) is 0 Å². The molecule has 0 radical (unpaired) electrons. The van der Waals surface area contributed by atoms with Crippen molar-refractivity contribution in [1.82, 2.24) is 0 Å². The van der Waals surface area contributed by atoms with E-state index in [-0.39, 0.29) is 0 Å². The van der Waals surface area contributed by atoms with Crippen molar-refractivity contribution in [3.05, 3.63) is 29.3 Å². The van der Waals surface area contributed by atoms with Crippen LogP contribution in [0.3, 0.4) is 0 Å². The molecule has 80 valence electrons. The van der Waals surface area contributed by atoms with Crippen molar-refractivity contribution >= 4 is 22.6 Å². The van der Waals surface area contributed by atoms with Gasteiger partial charge in [0.2, 0.25) is 0 Å². The second-order valence-electron chi connectivity index (χ2n) is 3.97. The molecule has 0 spiro atoms. The average Bonchev–Trinajstić information content (AvgIpc) is 2.58.